The Kier molecular flexibility index (Phi) is 6.99. The van der Waals surface area contributed by atoms with Crippen LogP contribution in [0.3, 0.4) is 0 Å². The van der Waals surface area contributed by atoms with Crippen molar-refractivity contribution in [2.45, 2.75) is 43.2 Å². The van der Waals surface area contributed by atoms with Gasteiger partial charge < -0.3 is 20.5 Å². The fourth-order valence-electron chi connectivity index (χ4n) is 5.79. The largest absolute Gasteiger partial charge is 0.382 e. The van der Waals surface area contributed by atoms with Gasteiger partial charge in [0.25, 0.3) is 0 Å². The summed E-state index contributed by atoms with van der Waals surface area (Å²) in [7, 11) is -3.92. The first-order chi connectivity index (χ1) is 20.5. The molecule has 0 bridgehead atoms. The second-order valence-electron chi connectivity index (χ2n) is 10.9. The summed E-state index contributed by atoms with van der Waals surface area (Å²) in [4.78, 5) is 49.7. The number of anilines is 2. The summed E-state index contributed by atoms with van der Waals surface area (Å²) in [5.74, 6) is -0.807. The molecule has 2 aliphatic rings. The van der Waals surface area contributed by atoms with E-state index in [1.165, 1.54) is 24.7 Å². The number of hydrogen-bond acceptors (Lipinski definition) is 10. The maximum Gasteiger partial charge on any atom is 0.355 e. The van der Waals surface area contributed by atoms with Crippen LogP contribution in [0.25, 0.3) is 28.1 Å². The Morgan fingerprint density at radius 2 is 2.00 bits per heavy atom. The molecule has 3 N–H and O–H groups in total. The molecule has 43 heavy (non-hydrogen) atoms. The molecule has 4 aromatic rings. The molecule has 0 spiro atoms. The van der Waals surface area contributed by atoms with Gasteiger partial charge in [0.05, 0.1) is 17.4 Å². The Labute approximate surface area is 246 Å². The topological polar surface area (TPSA) is 173 Å². The molecule has 5 heterocycles. The molecule has 0 aromatic carbocycles. The number of carbonyl (C=O) groups excluding carboxylic acids is 1. The Bertz CT molecular complexity index is 1950. The molecule has 0 unspecified atom stereocenters. The average molecular weight is 608 g/mol. The van der Waals surface area contributed by atoms with Gasteiger partial charge in [-0.05, 0) is 49.5 Å². The van der Waals surface area contributed by atoms with Crippen molar-refractivity contribution >= 4 is 38.4 Å². The van der Waals surface area contributed by atoms with Crippen LogP contribution >= 0.6 is 0 Å². The fraction of sp³-hybridized carbons (Fsp3) is 0.357. The van der Waals surface area contributed by atoms with E-state index in [0.29, 0.717) is 25.2 Å². The quantitative estimate of drug-likeness (QED) is 0.309. The Morgan fingerprint density at radius 3 is 2.60 bits per heavy atom. The van der Waals surface area contributed by atoms with E-state index in [9.17, 15) is 18.0 Å². The summed E-state index contributed by atoms with van der Waals surface area (Å²) >= 11 is 0. The number of sulfone groups is 1. The van der Waals surface area contributed by atoms with E-state index in [0.717, 1.165) is 30.1 Å². The molecule has 1 saturated carbocycles. The summed E-state index contributed by atoms with van der Waals surface area (Å²) in [6, 6.07) is 2.61. The first-order valence-electron chi connectivity index (χ1n) is 13.8. The van der Waals surface area contributed by atoms with Crippen LogP contribution in [0, 0.1) is 5.82 Å². The van der Waals surface area contributed by atoms with Gasteiger partial charge in [-0.25, -0.2) is 37.1 Å². The van der Waals surface area contributed by atoms with Crippen LogP contribution in [0.4, 0.5) is 16.0 Å². The zero-order chi connectivity index (χ0) is 30.6. The molecule has 224 valence electrons. The van der Waals surface area contributed by atoms with E-state index in [2.05, 4.69) is 31.5 Å². The van der Waals surface area contributed by atoms with Crippen molar-refractivity contribution in [3.63, 3.8) is 0 Å². The number of nitrogens with two attached hydrogens (primary N) is 1. The maximum absolute atomic E-state index is 15.8. The normalized spacial score (nSPS) is 17.7. The van der Waals surface area contributed by atoms with Crippen molar-refractivity contribution in [1.82, 2.24) is 34.4 Å². The molecule has 1 saturated heterocycles. The van der Waals surface area contributed by atoms with Gasteiger partial charge in [0.1, 0.15) is 17.2 Å². The third-order valence-electron chi connectivity index (χ3n) is 8.13. The predicted octanol–water partition coefficient (Wildman–Crippen LogP) is 2.18. The van der Waals surface area contributed by atoms with E-state index < -0.39 is 21.3 Å². The number of carbonyl (C=O) groups is 1. The van der Waals surface area contributed by atoms with Crippen LogP contribution < -0.4 is 16.3 Å². The van der Waals surface area contributed by atoms with Gasteiger partial charge in [-0.15, -0.1) is 0 Å². The average Bonchev–Trinajstić information content (AvgIpc) is 3.36. The fourth-order valence-corrected chi connectivity index (χ4v) is 6.60. The number of piperazine rings is 1. The van der Waals surface area contributed by atoms with Crippen molar-refractivity contribution in [3.8, 4) is 17.1 Å². The molecule has 1 aliphatic heterocycles. The van der Waals surface area contributed by atoms with Gasteiger partial charge >= 0.3 is 5.69 Å². The van der Waals surface area contributed by atoms with E-state index >= 15 is 4.39 Å². The number of aromatic nitrogens is 6. The molecule has 6 rings (SSSR count). The first kappa shape index (κ1) is 28.5. The molecular formula is C28H30FN9O4S. The van der Waals surface area contributed by atoms with E-state index in [1.54, 1.807) is 11.0 Å². The van der Waals surface area contributed by atoms with Crippen LogP contribution in [0.15, 0.2) is 47.1 Å². The summed E-state index contributed by atoms with van der Waals surface area (Å²) in [6.07, 6.45) is 7.55. The van der Waals surface area contributed by atoms with Crippen molar-refractivity contribution in [2.24, 2.45) is 0 Å². The Balaban J connectivity index is 1.66. The zero-order valence-electron chi connectivity index (χ0n) is 23.6. The highest BCUT2D eigenvalue weighted by atomic mass is 32.2. The highest BCUT2D eigenvalue weighted by Crippen LogP contribution is 2.41. The molecule has 1 atom stereocenters. The molecule has 1 aliphatic carbocycles. The standard InChI is InChI=1S/C28H30FN9O4S/c1-4-20(39)36-10-11-37(15(2)13-36)25-18-12-19(29)21(22-24(30)33-14-32-22)34-26(18)38(28(40)35-25)23-17(16-6-5-7-16)8-9-31-27(23)43(3,41)42/h4,8-9,12,14-16H,1,5-7,10-11,13,30H2,2-3H3,(H,32,33)/t15-/m0/s1. The lowest BCUT2D eigenvalue weighted by Gasteiger charge is -2.40. The summed E-state index contributed by atoms with van der Waals surface area (Å²) < 4.78 is 43.0. The summed E-state index contributed by atoms with van der Waals surface area (Å²) in [5.41, 5.74) is 5.75. The van der Waals surface area contributed by atoms with E-state index in [4.69, 9.17) is 5.73 Å². The number of aromatic amines is 1. The Morgan fingerprint density at radius 1 is 1.23 bits per heavy atom. The van der Waals surface area contributed by atoms with Gasteiger partial charge in [-0.3, -0.25) is 4.79 Å². The van der Waals surface area contributed by atoms with Crippen LogP contribution in [0.1, 0.15) is 37.7 Å². The maximum atomic E-state index is 15.8. The van der Waals surface area contributed by atoms with Crippen molar-refractivity contribution < 1.29 is 17.6 Å². The molecule has 1 amide bonds. The third kappa shape index (κ3) is 4.82. The number of H-pyrrole nitrogens is 1. The predicted molar refractivity (Wildman–Crippen MR) is 158 cm³/mol. The van der Waals surface area contributed by atoms with Crippen molar-refractivity contribution in [2.75, 3.05) is 36.5 Å². The second-order valence-corrected chi connectivity index (χ2v) is 12.8. The van der Waals surface area contributed by atoms with Crippen LogP contribution in [0.2, 0.25) is 0 Å². The number of nitrogens with one attached hydrogen (secondary N) is 1. The van der Waals surface area contributed by atoms with Crippen molar-refractivity contribution in [1.29, 1.82) is 0 Å². The zero-order valence-corrected chi connectivity index (χ0v) is 24.4. The minimum absolute atomic E-state index is 0.00100. The molecule has 4 aromatic heterocycles. The van der Waals surface area contributed by atoms with Crippen molar-refractivity contribution in [3.05, 3.63) is 59.2 Å². The van der Waals surface area contributed by atoms with Gasteiger partial charge in [-0.1, -0.05) is 13.0 Å². The van der Waals surface area contributed by atoms with E-state index in [-0.39, 0.29) is 62.6 Å². The SMILES string of the molecule is C=CC(=O)N1CCN(c2nc(=O)n(-c3c(C4CCC4)ccnc3S(C)(=O)=O)c3nc(-c4[nH]cnc4N)c(F)cc23)[C@@H](C)C1. The summed E-state index contributed by atoms with van der Waals surface area (Å²) in [6.45, 7) is 6.37. The third-order valence-corrected chi connectivity index (χ3v) is 9.14. The second kappa shape index (κ2) is 10.6. The summed E-state index contributed by atoms with van der Waals surface area (Å²) in [5, 5.41) is -0.120. The first-order valence-corrected chi connectivity index (χ1v) is 15.7. The van der Waals surface area contributed by atoms with E-state index in [1.807, 2.05) is 11.8 Å². The molecule has 0 radical (unpaired) electrons. The van der Waals surface area contributed by atoms with Gasteiger partial charge in [0.15, 0.2) is 32.1 Å². The number of hydrogen-bond donors (Lipinski definition) is 2. The number of pyridine rings is 2. The molecular weight excluding hydrogens is 577 g/mol. The molecule has 2 fully saturated rings. The number of fused-ring (bicyclic) bond motifs is 1. The lowest BCUT2D eigenvalue weighted by atomic mass is 9.79. The highest BCUT2D eigenvalue weighted by molar-refractivity contribution is 7.90. The minimum atomic E-state index is -3.92. The highest BCUT2D eigenvalue weighted by Gasteiger charge is 2.33. The Hall–Kier alpha value is -4.66. The smallest absolute Gasteiger partial charge is 0.355 e. The van der Waals surface area contributed by atoms with Gasteiger partial charge in [0.2, 0.25) is 5.91 Å². The number of amides is 1. The lowest BCUT2D eigenvalue weighted by Crippen LogP contribution is -2.54. The van der Waals surface area contributed by atoms with Crippen LogP contribution in [-0.4, -0.2) is 80.6 Å². The number of rotatable bonds is 6. The lowest BCUT2D eigenvalue weighted by molar-refractivity contribution is -0.126. The number of nitrogen functional groups attached to an aromatic ring is 1. The molecule has 15 heteroatoms. The van der Waals surface area contributed by atoms with Crippen LogP contribution in [0.5, 0.6) is 0 Å². The number of halogens is 1. The molecule has 13 nitrogen and oxygen atoms in total. The van der Waals surface area contributed by atoms with Crippen LogP contribution in [-0.2, 0) is 14.6 Å². The minimum Gasteiger partial charge on any atom is -0.382 e. The van der Waals surface area contributed by atoms with Gasteiger partial charge in [0, 0.05) is 38.1 Å². The number of imidazole rings is 1. The van der Waals surface area contributed by atoms with Gasteiger partial charge in [-0.2, -0.15) is 4.98 Å². The monoisotopic (exact) mass is 607 g/mol. The number of nitrogens with zero attached hydrogens (tertiary/aromatic N) is 7.